The van der Waals surface area contributed by atoms with Gasteiger partial charge in [0.15, 0.2) is 11.5 Å². The molecular formula is C22H14I2N4O8S2. The van der Waals surface area contributed by atoms with Crippen LogP contribution in [-0.2, 0) is 20.2 Å². The molecule has 38 heavy (non-hydrogen) atoms. The van der Waals surface area contributed by atoms with Crippen LogP contribution in [0.1, 0.15) is 0 Å². The molecule has 0 bridgehead atoms. The zero-order valence-electron chi connectivity index (χ0n) is 18.6. The summed E-state index contributed by atoms with van der Waals surface area (Å²) in [6.45, 7) is 0. The number of hydrogen-bond donors (Lipinski definition) is 4. The lowest BCUT2D eigenvalue weighted by Gasteiger charge is -2.13. The highest BCUT2D eigenvalue weighted by atomic mass is 127. The number of halogens is 2. The van der Waals surface area contributed by atoms with Crippen molar-refractivity contribution in [2.75, 3.05) is 0 Å². The molecule has 0 saturated heterocycles. The van der Waals surface area contributed by atoms with Crippen LogP contribution in [0.15, 0.2) is 90.9 Å². The van der Waals surface area contributed by atoms with Crippen LogP contribution in [0.2, 0.25) is 0 Å². The van der Waals surface area contributed by atoms with Crippen LogP contribution in [0.3, 0.4) is 0 Å². The van der Waals surface area contributed by atoms with E-state index in [4.69, 9.17) is 0 Å². The maximum Gasteiger partial charge on any atom is 0.296 e. The van der Waals surface area contributed by atoms with Crippen LogP contribution in [0.5, 0.6) is 11.5 Å². The predicted molar refractivity (Wildman–Crippen MR) is 154 cm³/mol. The molecule has 0 amide bonds. The Morgan fingerprint density at radius 2 is 0.921 bits per heavy atom. The van der Waals surface area contributed by atoms with E-state index in [9.17, 15) is 36.2 Å². The number of azo groups is 2. The average Bonchev–Trinajstić information content (AvgIpc) is 2.83. The minimum Gasteiger partial charge on any atom is -0.505 e. The highest BCUT2D eigenvalue weighted by Crippen LogP contribution is 2.50. The normalized spacial score (nSPS) is 12.6. The van der Waals surface area contributed by atoms with Crippen molar-refractivity contribution >= 4 is 98.9 Å². The molecule has 4 N–H and O–H groups in total. The van der Waals surface area contributed by atoms with Crippen LogP contribution >= 0.6 is 45.2 Å². The van der Waals surface area contributed by atoms with Gasteiger partial charge in [0.05, 0.1) is 16.8 Å². The maximum atomic E-state index is 12.1. The predicted octanol–water partition coefficient (Wildman–Crippen LogP) is 6.78. The number of nitrogens with zero attached hydrogens (tertiary/aromatic N) is 4. The van der Waals surface area contributed by atoms with Gasteiger partial charge in [0, 0.05) is 7.14 Å². The first-order chi connectivity index (χ1) is 17.8. The molecule has 16 heteroatoms. The van der Waals surface area contributed by atoms with Gasteiger partial charge in [-0.1, -0.05) is 0 Å². The number of phenolic OH excluding ortho intramolecular Hbond substituents is 2. The molecule has 0 radical (unpaired) electrons. The van der Waals surface area contributed by atoms with Gasteiger partial charge in [-0.05, 0) is 111 Å². The van der Waals surface area contributed by atoms with Gasteiger partial charge in [-0.15, -0.1) is 10.2 Å². The van der Waals surface area contributed by atoms with Crippen LogP contribution in [0.4, 0.5) is 22.7 Å². The second-order valence-corrected chi connectivity index (χ2v) is 12.8. The lowest BCUT2D eigenvalue weighted by atomic mass is 10.1. The zero-order valence-corrected chi connectivity index (χ0v) is 24.5. The number of benzene rings is 4. The zero-order chi connectivity index (χ0) is 27.8. The first-order valence-corrected chi connectivity index (χ1v) is 15.1. The molecule has 0 aliphatic rings. The molecule has 12 nitrogen and oxygen atoms in total. The summed E-state index contributed by atoms with van der Waals surface area (Å²) >= 11 is 4.13. The molecule has 0 heterocycles. The third-order valence-electron chi connectivity index (χ3n) is 4.99. The Bertz CT molecular complexity index is 1710. The Morgan fingerprint density at radius 3 is 1.24 bits per heavy atom. The fraction of sp³-hybridized carbons (Fsp3) is 0. The number of aromatic hydroxyl groups is 2. The fourth-order valence-electron chi connectivity index (χ4n) is 3.28. The number of rotatable bonds is 6. The highest BCUT2D eigenvalue weighted by molar-refractivity contribution is 14.1. The van der Waals surface area contributed by atoms with E-state index in [2.05, 4.69) is 65.6 Å². The molecule has 0 unspecified atom stereocenters. The first-order valence-electron chi connectivity index (χ1n) is 10.1. The Balaban J connectivity index is 2.01. The van der Waals surface area contributed by atoms with Gasteiger partial charge in [-0.2, -0.15) is 27.1 Å². The summed E-state index contributed by atoms with van der Waals surface area (Å²) in [7, 11) is -10.1. The second-order valence-electron chi connectivity index (χ2n) is 7.54. The van der Waals surface area contributed by atoms with Crippen LogP contribution in [0.25, 0.3) is 10.8 Å². The molecule has 0 atom stereocenters. The Kier molecular flexibility index (Phi) is 8.00. The van der Waals surface area contributed by atoms with E-state index < -0.39 is 58.3 Å². The molecule has 4 aromatic rings. The highest BCUT2D eigenvalue weighted by Gasteiger charge is 2.28. The summed E-state index contributed by atoms with van der Waals surface area (Å²) in [5, 5.41) is 36.3. The average molecular weight is 780 g/mol. The van der Waals surface area contributed by atoms with Crippen LogP contribution in [-0.4, -0.2) is 36.2 Å². The quantitative estimate of drug-likeness (QED) is 0.0932. The summed E-state index contributed by atoms with van der Waals surface area (Å²) in [5.74, 6) is -1.90. The molecule has 0 spiro atoms. The molecule has 4 rings (SSSR count). The Morgan fingerprint density at radius 1 is 0.579 bits per heavy atom. The molecule has 0 saturated carbocycles. The van der Waals surface area contributed by atoms with Crippen LogP contribution in [0, 0.1) is 7.14 Å². The van der Waals surface area contributed by atoms with Gasteiger partial charge in [-0.3, -0.25) is 9.11 Å². The Labute approximate surface area is 242 Å². The summed E-state index contributed by atoms with van der Waals surface area (Å²) in [4.78, 5) is -1.85. The molecule has 0 aromatic heterocycles. The summed E-state index contributed by atoms with van der Waals surface area (Å²) in [5.41, 5.74) is -0.892. The van der Waals surface area contributed by atoms with Crippen molar-refractivity contribution in [3.8, 4) is 11.5 Å². The van der Waals surface area contributed by atoms with Gasteiger partial charge in [0.1, 0.15) is 21.2 Å². The van der Waals surface area contributed by atoms with Crippen molar-refractivity contribution in [3.05, 3.63) is 67.8 Å². The molecule has 0 aliphatic heterocycles. The lowest BCUT2D eigenvalue weighted by Crippen LogP contribution is -2.01. The van der Waals surface area contributed by atoms with Gasteiger partial charge in [0.2, 0.25) is 0 Å². The second kappa shape index (κ2) is 10.8. The van der Waals surface area contributed by atoms with Gasteiger partial charge >= 0.3 is 0 Å². The largest absolute Gasteiger partial charge is 0.505 e. The number of phenols is 2. The van der Waals surface area contributed by atoms with Crippen molar-refractivity contribution in [3.63, 3.8) is 0 Å². The molecule has 0 fully saturated rings. The standard InChI is InChI=1S/C22H14I2N4O8S2/c23-12-1-5-14(6-2-12)25-27-19-16(37(31,32)33)9-11-10-17(38(34,35)36)20(22(30)18(11)21(19)29)28-26-15-7-3-13(24)4-8-15/h1-10,29-30H,(H,31,32,33)(H,34,35,36). The topological polar surface area (TPSA) is 199 Å². The minimum absolute atomic E-state index is 0.282. The van der Waals surface area contributed by atoms with Crippen LogP contribution < -0.4 is 0 Å². The number of hydrogen-bond acceptors (Lipinski definition) is 10. The van der Waals surface area contributed by atoms with Crippen molar-refractivity contribution in [2.24, 2.45) is 20.5 Å². The van der Waals surface area contributed by atoms with E-state index in [1.165, 1.54) is 0 Å². The van der Waals surface area contributed by atoms with Gasteiger partial charge in [0.25, 0.3) is 20.2 Å². The summed E-state index contributed by atoms with van der Waals surface area (Å²) < 4.78 is 69.7. The first kappa shape index (κ1) is 28.2. The van der Waals surface area contributed by atoms with Crippen molar-refractivity contribution in [1.29, 1.82) is 0 Å². The smallest absolute Gasteiger partial charge is 0.296 e. The third kappa shape index (κ3) is 6.10. The van der Waals surface area contributed by atoms with E-state index in [0.29, 0.717) is 0 Å². The molecule has 4 aromatic carbocycles. The molecule has 0 aliphatic carbocycles. The number of fused-ring (bicyclic) bond motifs is 1. The van der Waals surface area contributed by atoms with E-state index >= 15 is 0 Å². The monoisotopic (exact) mass is 780 g/mol. The third-order valence-corrected chi connectivity index (χ3v) is 8.16. The van der Waals surface area contributed by atoms with Gasteiger partial charge < -0.3 is 10.2 Å². The molecule has 196 valence electrons. The van der Waals surface area contributed by atoms with Crippen molar-refractivity contribution in [1.82, 2.24) is 0 Å². The minimum atomic E-state index is -5.03. The van der Waals surface area contributed by atoms with E-state index in [1.807, 2.05) is 0 Å². The van der Waals surface area contributed by atoms with E-state index in [1.54, 1.807) is 48.5 Å². The van der Waals surface area contributed by atoms with Gasteiger partial charge in [-0.25, -0.2) is 0 Å². The Hall–Kier alpha value is -2.78. The summed E-state index contributed by atoms with van der Waals surface area (Å²) in [6, 6.07) is 14.6. The van der Waals surface area contributed by atoms with E-state index in [-0.39, 0.29) is 16.8 Å². The van der Waals surface area contributed by atoms with Crippen molar-refractivity contribution in [2.45, 2.75) is 9.79 Å². The SMILES string of the molecule is O=S(=O)(O)c1cc2cc(S(=O)(=O)O)c(N=Nc3ccc(I)cc3)c(O)c2c(O)c1N=Nc1ccc(I)cc1. The van der Waals surface area contributed by atoms with Crippen molar-refractivity contribution < 1.29 is 36.2 Å². The van der Waals surface area contributed by atoms with E-state index in [0.717, 1.165) is 19.3 Å². The maximum absolute atomic E-state index is 12.1. The fourth-order valence-corrected chi connectivity index (χ4v) is 5.31. The molecular weight excluding hydrogens is 766 g/mol. The summed E-state index contributed by atoms with van der Waals surface area (Å²) in [6.07, 6.45) is 0. The lowest BCUT2D eigenvalue weighted by molar-refractivity contribution is 0.458.